The number of nitrogens with two attached hydrogens (primary N) is 1. The van der Waals surface area contributed by atoms with E-state index in [0.717, 1.165) is 19.8 Å². The molecule has 22 heavy (non-hydrogen) atoms. The molecule has 7 nitrogen and oxygen atoms in total. The summed E-state index contributed by atoms with van der Waals surface area (Å²) in [5.41, 5.74) is 7.98. The van der Waals surface area contributed by atoms with Gasteiger partial charge in [0.2, 0.25) is 5.88 Å². The van der Waals surface area contributed by atoms with E-state index in [-0.39, 0.29) is 11.1 Å². The predicted octanol–water partition coefficient (Wildman–Crippen LogP) is 1.32. The SMILES string of the molecule is COc1nccc(N)c1C(=N)c1cnn(CC2(C)COC2)c1. The summed E-state index contributed by atoms with van der Waals surface area (Å²) >= 11 is 0. The molecule has 0 aromatic carbocycles. The molecule has 0 atom stereocenters. The third kappa shape index (κ3) is 2.55. The van der Waals surface area contributed by atoms with Crippen molar-refractivity contribution in [2.45, 2.75) is 13.5 Å². The molecule has 0 unspecified atom stereocenters. The van der Waals surface area contributed by atoms with Crippen molar-refractivity contribution in [3.63, 3.8) is 0 Å². The quantitative estimate of drug-likeness (QED) is 0.811. The van der Waals surface area contributed by atoms with Crippen LogP contribution in [0.1, 0.15) is 18.1 Å². The monoisotopic (exact) mass is 301 g/mol. The summed E-state index contributed by atoms with van der Waals surface area (Å²) in [6.07, 6.45) is 5.07. The van der Waals surface area contributed by atoms with Crippen LogP contribution in [0.2, 0.25) is 0 Å². The predicted molar refractivity (Wildman–Crippen MR) is 82.3 cm³/mol. The van der Waals surface area contributed by atoms with Crippen LogP contribution >= 0.6 is 0 Å². The van der Waals surface area contributed by atoms with E-state index in [4.69, 9.17) is 20.6 Å². The molecule has 0 aliphatic carbocycles. The van der Waals surface area contributed by atoms with Gasteiger partial charge in [-0.15, -0.1) is 0 Å². The Morgan fingerprint density at radius 3 is 2.95 bits per heavy atom. The zero-order chi connectivity index (χ0) is 15.7. The van der Waals surface area contributed by atoms with E-state index in [1.165, 1.54) is 7.11 Å². The molecule has 0 spiro atoms. The van der Waals surface area contributed by atoms with E-state index in [2.05, 4.69) is 17.0 Å². The second kappa shape index (κ2) is 5.42. The number of nitrogen functional groups attached to an aromatic ring is 1. The van der Waals surface area contributed by atoms with Crippen molar-refractivity contribution in [3.8, 4) is 5.88 Å². The van der Waals surface area contributed by atoms with Crippen LogP contribution in [0.4, 0.5) is 5.69 Å². The molecule has 1 fully saturated rings. The van der Waals surface area contributed by atoms with Gasteiger partial charge in [0.1, 0.15) is 0 Å². The van der Waals surface area contributed by atoms with Gasteiger partial charge in [0.05, 0.1) is 44.3 Å². The number of nitrogens with one attached hydrogen (secondary N) is 1. The molecule has 1 aliphatic rings. The van der Waals surface area contributed by atoms with Crippen molar-refractivity contribution < 1.29 is 9.47 Å². The van der Waals surface area contributed by atoms with Gasteiger partial charge in [-0.25, -0.2) is 4.98 Å². The Morgan fingerprint density at radius 2 is 2.32 bits per heavy atom. The smallest absolute Gasteiger partial charge is 0.224 e. The molecular formula is C15H19N5O2. The zero-order valence-electron chi connectivity index (χ0n) is 12.7. The number of rotatable bonds is 5. The standard InChI is InChI=1S/C15H19N5O2/c1-15(8-22-9-15)7-20-6-10(5-19-20)13(17)12-11(16)3-4-18-14(12)21-2/h3-6,17H,7-9H2,1-2H3,(H2,16,18). The summed E-state index contributed by atoms with van der Waals surface area (Å²) in [5, 5.41) is 12.7. The molecule has 0 amide bonds. The number of hydrogen-bond donors (Lipinski definition) is 2. The molecule has 0 saturated carbocycles. The van der Waals surface area contributed by atoms with Gasteiger partial charge < -0.3 is 15.2 Å². The number of pyridine rings is 1. The number of nitrogens with zero attached hydrogens (tertiary/aromatic N) is 3. The first kappa shape index (κ1) is 14.5. The van der Waals surface area contributed by atoms with Crippen LogP contribution in [0.25, 0.3) is 0 Å². The van der Waals surface area contributed by atoms with E-state index in [1.54, 1.807) is 18.5 Å². The molecule has 0 bridgehead atoms. The fraction of sp³-hybridized carbons (Fsp3) is 0.400. The highest BCUT2D eigenvalue weighted by Crippen LogP contribution is 2.29. The second-order valence-electron chi connectivity index (χ2n) is 5.89. The minimum atomic E-state index is 0.122. The summed E-state index contributed by atoms with van der Waals surface area (Å²) in [6, 6.07) is 1.66. The maximum Gasteiger partial charge on any atom is 0.224 e. The molecule has 2 aromatic heterocycles. The van der Waals surface area contributed by atoms with Gasteiger partial charge in [0.25, 0.3) is 0 Å². The van der Waals surface area contributed by atoms with Crippen molar-refractivity contribution in [1.82, 2.24) is 14.8 Å². The molecule has 3 heterocycles. The Bertz CT molecular complexity index is 706. The first-order chi connectivity index (χ1) is 10.5. The van der Waals surface area contributed by atoms with Crippen LogP contribution in [0.5, 0.6) is 5.88 Å². The lowest BCUT2D eigenvalue weighted by Gasteiger charge is -2.37. The Balaban J connectivity index is 1.86. The van der Waals surface area contributed by atoms with E-state index >= 15 is 0 Å². The fourth-order valence-electron chi connectivity index (χ4n) is 2.52. The lowest BCUT2D eigenvalue weighted by atomic mass is 9.89. The van der Waals surface area contributed by atoms with Crippen LogP contribution in [0.15, 0.2) is 24.7 Å². The van der Waals surface area contributed by atoms with Crippen LogP contribution < -0.4 is 10.5 Å². The average molecular weight is 301 g/mol. The third-order valence-corrected chi connectivity index (χ3v) is 3.76. The molecule has 2 aromatic rings. The van der Waals surface area contributed by atoms with Gasteiger partial charge in [-0.05, 0) is 6.07 Å². The van der Waals surface area contributed by atoms with Crippen molar-refractivity contribution in [3.05, 3.63) is 35.8 Å². The summed E-state index contributed by atoms with van der Waals surface area (Å²) in [4.78, 5) is 4.11. The Kier molecular flexibility index (Phi) is 3.58. The Hall–Kier alpha value is -2.41. The molecule has 3 rings (SSSR count). The fourth-order valence-corrected chi connectivity index (χ4v) is 2.52. The Morgan fingerprint density at radius 1 is 1.55 bits per heavy atom. The van der Waals surface area contributed by atoms with Gasteiger partial charge in [-0.1, -0.05) is 6.92 Å². The van der Waals surface area contributed by atoms with Crippen molar-refractivity contribution >= 4 is 11.4 Å². The van der Waals surface area contributed by atoms with Crippen LogP contribution in [-0.2, 0) is 11.3 Å². The highest BCUT2D eigenvalue weighted by Gasteiger charge is 2.34. The lowest BCUT2D eigenvalue weighted by molar-refractivity contribution is -0.111. The largest absolute Gasteiger partial charge is 0.480 e. The topological polar surface area (TPSA) is 99.0 Å². The lowest BCUT2D eigenvalue weighted by Crippen LogP contribution is -2.43. The van der Waals surface area contributed by atoms with Gasteiger partial charge >= 0.3 is 0 Å². The summed E-state index contributed by atoms with van der Waals surface area (Å²) in [7, 11) is 1.51. The number of aromatic nitrogens is 3. The summed E-state index contributed by atoms with van der Waals surface area (Å²) in [5.74, 6) is 0.345. The first-order valence-electron chi connectivity index (χ1n) is 7.00. The van der Waals surface area contributed by atoms with Crippen molar-refractivity contribution in [1.29, 1.82) is 5.41 Å². The van der Waals surface area contributed by atoms with Crippen molar-refractivity contribution in [2.24, 2.45) is 5.41 Å². The normalized spacial score (nSPS) is 16.1. The van der Waals surface area contributed by atoms with Gasteiger partial charge in [0, 0.05) is 29.1 Å². The third-order valence-electron chi connectivity index (χ3n) is 3.76. The highest BCUT2D eigenvalue weighted by molar-refractivity contribution is 6.14. The second-order valence-corrected chi connectivity index (χ2v) is 5.89. The van der Waals surface area contributed by atoms with Crippen LogP contribution in [0.3, 0.4) is 0 Å². The van der Waals surface area contributed by atoms with Gasteiger partial charge in [0.15, 0.2) is 0 Å². The number of anilines is 1. The molecule has 7 heteroatoms. The Labute approximate surface area is 128 Å². The molecular weight excluding hydrogens is 282 g/mol. The molecule has 1 saturated heterocycles. The van der Waals surface area contributed by atoms with E-state index < -0.39 is 0 Å². The van der Waals surface area contributed by atoms with E-state index in [0.29, 0.717) is 22.7 Å². The van der Waals surface area contributed by atoms with E-state index in [1.807, 2.05) is 10.9 Å². The maximum atomic E-state index is 8.38. The maximum absolute atomic E-state index is 8.38. The summed E-state index contributed by atoms with van der Waals surface area (Å²) in [6.45, 7) is 4.40. The molecule has 3 N–H and O–H groups in total. The number of hydrogen-bond acceptors (Lipinski definition) is 6. The number of methoxy groups -OCH3 is 1. The highest BCUT2D eigenvalue weighted by atomic mass is 16.5. The summed E-state index contributed by atoms with van der Waals surface area (Å²) < 4.78 is 12.3. The first-order valence-corrected chi connectivity index (χ1v) is 7.00. The van der Waals surface area contributed by atoms with Crippen LogP contribution in [-0.4, -0.2) is 40.8 Å². The minimum absolute atomic E-state index is 0.122. The van der Waals surface area contributed by atoms with Crippen molar-refractivity contribution in [2.75, 3.05) is 26.1 Å². The van der Waals surface area contributed by atoms with Gasteiger partial charge in [-0.2, -0.15) is 5.10 Å². The molecule has 116 valence electrons. The van der Waals surface area contributed by atoms with E-state index in [9.17, 15) is 0 Å². The van der Waals surface area contributed by atoms with Gasteiger partial charge in [-0.3, -0.25) is 10.1 Å². The average Bonchev–Trinajstić information content (AvgIpc) is 2.93. The van der Waals surface area contributed by atoms with Crippen LogP contribution in [0, 0.1) is 10.8 Å². The minimum Gasteiger partial charge on any atom is -0.480 e. The molecule has 1 aliphatic heterocycles. The number of ether oxygens (including phenoxy) is 2. The molecule has 0 radical (unpaired) electrons. The zero-order valence-corrected chi connectivity index (χ0v) is 12.7.